The summed E-state index contributed by atoms with van der Waals surface area (Å²) in [6.45, 7) is 2.16. The summed E-state index contributed by atoms with van der Waals surface area (Å²) in [4.78, 5) is 0. The first-order chi connectivity index (χ1) is 8.13. The summed E-state index contributed by atoms with van der Waals surface area (Å²) in [6, 6.07) is 3.96. The SMILES string of the molecule is CCCC[C@@H](N)c1cc(OC)c(Br)c(OC)c1.Cl. The molecule has 0 fully saturated rings. The number of nitrogens with two attached hydrogens (primary N) is 1. The second kappa shape index (κ2) is 8.62. The standard InChI is InChI=1S/C13H20BrNO2.ClH/c1-4-5-6-10(15)9-7-11(16-2)13(14)12(8-9)17-3;/h7-8,10H,4-6,15H2,1-3H3;1H/t10-;/m1./s1. The molecule has 1 aromatic rings. The van der Waals surface area contributed by atoms with Gasteiger partial charge in [0.15, 0.2) is 0 Å². The predicted molar refractivity (Wildman–Crippen MR) is 80.9 cm³/mol. The number of methoxy groups -OCH3 is 2. The monoisotopic (exact) mass is 337 g/mol. The zero-order valence-electron chi connectivity index (χ0n) is 11.0. The van der Waals surface area contributed by atoms with Crippen LogP contribution in [0, 0.1) is 0 Å². The Hall–Kier alpha value is -0.450. The van der Waals surface area contributed by atoms with Crippen molar-refractivity contribution in [2.24, 2.45) is 5.73 Å². The van der Waals surface area contributed by atoms with Crippen molar-refractivity contribution in [1.29, 1.82) is 0 Å². The molecule has 0 saturated carbocycles. The summed E-state index contributed by atoms with van der Waals surface area (Å²) in [5.41, 5.74) is 7.20. The fourth-order valence-corrected chi connectivity index (χ4v) is 2.25. The molecular formula is C13H21BrClNO2. The maximum Gasteiger partial charge on any atom is 0.137 e. The van der Waals surface area contributed by atoms with E-state index in [1.807, 2.05) is 12.1 Å². The van der Waals surface area contributed by atoms with Gasteiger partial charge in [-0.25, -0.2) is 0 Å². The smallest absolute Gasteiger partial charge is 0.137 e. The topological polar surface area (TPSA) is 44.5 Å². The van der Waals surface area contributed by atoms with Crippen molar-refractivity contribution in [1.82, 2.24) is 0 Å². The van der Waals surface area contributed by atoms with Gasteiger partial charge >= 0.3 is 0 Å². The van der Waals surface area contributed by atoms with E-state index in [1.165, 1.54) is 0 Å². The first-order valence-electron chi connectivity index (χ1n) is 5.81. The van der Waals surface area contributed by atoms with Crippen molar-refractivity contribution < 1.29 is 9.47 Å². The van der Waals surface area contributed by atoms with E-state index in [9.17, 15) is 0 Å². The van der Waals surface area contributed by atoms with Gasteiger partial charge in [0.1, 0.15) is 16.0 Å². The highest BCUT2D eigenvalue weighted by atomic mass is 79.9. The van der Waals surface area contributed by atoms with Crippen molar-refractivity contribution in [2.45, 2.75) is 32.2 Å². The van der Waals surface area contributed by atoms with Crippen molar-refractivity contribution in [2.75, 3.05) is 14.2 Å². The lowest BCUT2D eigenvalue weighted by atomic mass is 10.0. The molecule has 1 aromatic carbocycles. The fourth-order valence-electron chi connectivity index (χ4n) is 1.69. The molecule has 0 amide bonds. The van der Waals surface area contributed by atoms with Crippen LogP contribution in [-0.2, 0) is 0 Å². The number of hydrogen-bond donors (Lipinski definition) is 1. The molecule has 0 spiro atoms. The Bertz CT molecular complexity index is 349. The van der Waals surface area contributed by atoms with E-state index in [4.69, 9.17) is 15.2 Å². The Labute approximate surface area is 124 Å². The second-order valence-electron chi connectivity index (χ2n) is 3.99. The summed E-state index contributed by atoms with van der Waals surface area (Å²) in [5, 5.41) is 0. The van der Waals surface area contributed by atoms with Gasteiger partial charge in [0, 0.05) is 6.04 Å². The molecule has 2 N–H and O–H groups in total. The van der Waals surface area contributed by atoms with Gasteiger partial charge in [0.25, 0.3) is 0 Å². The molecule has 0 saturated heterocycles. The summed E-state index contributed by atoms with van der Waals surface area (Å²) < 4.78 is 11.4. The normalized spacial score (nSPS) is 11.6. The van der Waals surface area contributed by atoms with E-state index in [2.05, 4.69) is 22.9 Å². The van der Waals surface area contributed by atoms with Crippen LogP contribution in [-0.4, -0.2) is 14.2 Å². The highest BCUT2D eigenvalue weighted by molar-refractivity contribution is 9.10. The van der Waals surface area contributed by atoms with Gasteiger partial charge in [-0.15, -0.1) is 12.4 Å². The van der Waals surface area contributed by atoms with Crippen LogP contribution in [0.2, 0.25) is 0 Å². The maximum atomic E-state index is 6.15. The highest BCUT2D eigenvalue weighted by Crippen LogP contribution is 2.37. The molecule has 1 rings (SSSR count). The van der Waals surface area contributed by atoms with E-state index in [0.29, 0.717) is 0 Å². The predicted octanol–water partition coefficient (Wildman–Crippen LogP) is 4.08. The molecule has 3 nitrogen and oxygen atoms in total. The molecule has 0 unspecified atom stereocenters. The second-order valence-corrected chi connectivity index (χ2v) is 4.78. The molecule has 0 aliphatic heterocycles. The first-order valence-corrected chi connectivity index (χ1v) is 6.60. The molecule has 0 aliphatic rings. The van der Waals surface area contributed by atoms with E-state index >= 15 is 0 Å². The molecule has 104 valence electrons. The van der Waals surface area contributed by atoms with Gasteiger partial charge < -0.3 is 15.2 Å². The summed E-state index contributed by atoms with van der Waals surface area (Å²) in [6.07, 6.45) is 3.25. The third-order valence-electron chi connectivity index (χ3n) is 2.76. The molecule has 5 heteroatoms. The Morgan fingerprint density at radius 1 is 1.22 bits per heavy atom. The zero-order valence-corrected chi connectivity index (χ0v) is 13.4. The summed E-state index contributed by atoms with van der Waals surface area (Å²) in [7, 11) is 3.28. The van der Waals surface area contributed by atoms with E-state index in [1.54, 1.807) is 14.2 Å². The minimum absolute atomic E-state index is 0. The first kappa shape index (κ1) is 17.6. The number of hydrogen-bond acceptors (Lipinski definition) is 3. The molecular weight excluding hydrogens is 318 g/mol. The van der Waals surface area contributed by atoms with Crippen LogP contribution in [0.3, 0.4) is 0 Å². The number of halogens is 2. The molecule has 0 radical (unpaired) electrons. The van der Waals surface area contributed by atoms with Crippen molar-refractivity contribution >= 4 is 28.3 Å². The quantitative estimate of drug-likeness (QED) is 0.850. The Morgan fingerprint density at radius 2 is 1.72 bits per heavy atom. The number of unbranched alkanes of at least 4 members (excludes halogenated alkanes) is 1. The Morgan fingerprint density at radius 3 is 2.11 bits per heavy atom. The van der Waals surface area contributed by atoms with Crippen LogP contribution in [0.4, 0.5) is 0 Å². The van der Waals surface area contributed by atoms with Gasteiger partial charge in [-0.2, -0.15) is 0 Å². The molecule has 0 heterocycles. The average Bonchev–Trinajstić information content (AvgIpc) is 2.36. The Balaban J connectivity index is 0.00000289. The molecule has 1 atom stereocenters. The average molecular weight is 339 g/mol. The summed E-state index contributed by atoms with van der Waals surface area (Å²) in [5.74, 6) is 1.51. The lowest BCUT2D eigenvalue weighted by Gasteiger charge is -2.16. The van der Waals surface area contributed by atoms with E-state index < -0.39 is 0 Å². The van der Waals surface area contributed by atoms with Crippen LogP contribution in [0.25, 0.3) is 0 Å². The molecule has 0 bridgehead atoms. The van der Waals surface area contributed by atoms with Crippen LogP contribution in [0.1, 0.15) is 37.8 Å². The third kappa shape index (κ3) is 4.34. The lowest BCUT2D eigenvalue weighted by molar-refractivity contribution is 0.387. The lowest BCUT2D eigenvalue weighted by Crippen LogP contribution is -2.10. The van der Waals surface area contributed by atoms with Crippen LogP contribution >= 0.6 is 28.3 Å². The van der Waals surface area contributed by atoms with Gasteiger partial charge in [-0.1, -0.05) is 19.8 Å². The van der Waals surface area contributed by atoms with E-state index in [-0.39, 0.29) is 18.4 Å². The maximum absolute atomic E-state index is 6.15. The van der Waals surface area contributed by atoms with Gasteiger partial charge in [0.05, 0.1) is 14.2 Å². The molecule has 18 heavy (non-hydrogen) atoms. The van der Waals surface area contributed by atoms with Crippen LogP contribution in [0.15, 0.2) is 16.6 Å². The summed E-state index contributed by atoms with van der Waals surface area (Å²) >= 11 is 3.45. The van der Waals surface area contributed by atoms with Gasteiger partial charge in [0.2, 0.25) is 0 Å². The van der Waals surface area contributed by atoms with Gasteiger partial charge in [-0.05, 0) is 40.0 Å². The third-order valence-corrected chi connectivity index (χ3v) is 3.55. The van der Waals surface area contributed by atoms with Crippen molar-refractivity contribution in [3.05, 3.63) is 22.2 Å². The number of rotatable bonds is 6. The minimum Gasteiger partial charge on any atom is -0.495 e. The van der Waals surface area contributed by atoms with Gasteiger partial charge in [-0.3, -0.25) is 0 Å². The Kier molecular flexibility index (Phi) is 8.40. The molecule has 0 aliphatic carbocycles. The number of ether oxygens (including phenoxy) is 2. The number of benzene rings is 1. The van der Waals surface area contributed by atoms with Crippen LogP contribution < -0.4 is 15.2 Å². The van der Waals surface area contributed by atoms with E-state index in [0.717, 1.165) is 40.8 Å². The van der Waals surface area contributed by atoms with Crippen LogP contribution in [0.5, 0.6) is 11.5 Å². The zero-order chi connectivity index (χ0) is 12.8. The fraction of sp³-hybridized carbons (Fsp3) is 0.538. The highest BCUT2D eigenvalue weighted by Gasteiger charge is 2.13. The minimum atomic E-state index is 0. The van der Waals surface area contributed by atoms with Crippen molar-refractivity contribution in [3.63, 3.8) is 0 Å². The largest absolute Gasteiger partial charge is 0.495 e. The van der Waals surface area contributed by atoms with Crippen molar-refractivity contribution in [3.8, 4) is 11.5 Å². The molecule has 0 aromatic heterocycles.